The van der Waals surface area contributed by atoms with Crippen molar-refractivity contribution in [1.29, 1.82) is 0 Å². The summed E-state index contributed by atoms with van der Waals surface area (Å²) < 4.78 is 5.40. The van der Waals surface area contributed by atoms with Gasteiger partial charge in [0.25, 0.3) is 0 Å². The zero-order valence-corrected chi connectivity index (χ0v) is 12.0. The number of hydrogen-bond donors (Lipinski definition) is 1. The zero-order chi connectivity index (χ0) is 15.6. The van der Waals surface area contributed by atoms with Gasteiger partial charge in [-0.3, -0.25) is 14.5 Å². The minimum Gasteiger partial charge on any atom is -0.491 e. The number of para-hydroxylation sites is 1. The van der Waals surface area contributed by atoms with Gasteiger partial charge in [0.1, 0.15) is 17.9 Å². The monoisotopic (exact) mass is 291 g/mol. The number of nitrogens with zero attached hydrogens (tertiary/aromatic N) is 1. The summed E-state index contributed by atoms with van der Waals surface area (Å²) in [7, 11) is 0. The Kier molecular flexibility index (Phi) is 3.97. The highest BCUT2D eigenvalue weighted by Gasteiger charge is 2.44. The molecule has 2 rings (SSSR count). The first-order valence-corrected chi connectivity index (χ1v) is 6.63. The molecule has 0 radical (unpaired) electrons. The number of ether oxygens (including phenoxy) is 1. The minimum atomic E-state index is -1.08. The van der Waals surface area contributed by atoms with Crippen LogP contribution in [0.25, 0.3) is 0 Å². The topological polar surface area (TPSA) is 83.9 Å². The van der Waals surface area contributed by atoms with Gasteiger partial charge in [-0.05, 0) is 12.1 Å². The summed E-state index contributed by atoms with van der Waals surface area (Å²) in [6.07, 6.45) is 0.192. The van der Waals surface area contributed by atoms with E-state index < -0.39 is 11.4 Å². The van der Waals surface area contributed by atoms with E-state index in [1.807, 2.05) is 0 Å². The van der Waals surface area contributed by atoms with E-state index in [0.717, 1.165) is 0 Å². The molecule has 0 saturated carbocycles. The molecule has 1 aliphatic rings. The van der Waals surface area contributed by atoms with Crippen LogP contribution in [0.15, 0.2) is 24.3 Å². The maximum absolute atomic E-state index is 12.0. The van der Waals surface area contributed by atoms with Crippen molar-refractivity contribution in [3.05, 3.63) is 29.8 Å². The molecule has 1 aromatic rings. The molecule has 21 heavy (non-hydrogen) atoms. The number of carbonyl (C=O) groups excluding carboxylic acids is 2. The van der Waals surface area contributed by atoms with E-state index in [1.54, 1.807) is 32.0 Å². The SMILES string of the molecule is CC1(C)CC(=O)N(CCOc2ccccc2C(=O)O)C1=O. The van der Waals surface area contributed by atoms with Crippen molar-refractivity contribution in [3.63, 3.8) is 0 Å². The Bertz CT molecular complexity index is 593. The van der Waals surface area contributed by atoms with Gasteiger partial charge in [0.05, 0.1) is 12.0 Å². The van der Waals surface area contributed by atoms with Crippen LogP contribution in [0.5, 0.6) is 5.75 Å². The van der Waals surface area contributed by atoms with Gasteiger partial charge in [0.2, 0.25) is 11.8 Å². The highest BCUT2D eigenvalue weighted by Crippen LogP contribution is 2.31. The maximum Gasteiger partial charge on any atom is 0.339 e. The standard InChI is InChI=1S/C15H17NO5/c1-15(2)9-12(17)16(14(15)20)7-8-21-11-6-4-3-5-10(11)13(18)19/h3-6H,7-9H2,1-2H3,(H,18,19). The molecule has 1 aliphatic heterocycles. The fourth-order valence-electron chi connectivity index (χ4n) is 2.27. The van der Waals surface area contributed by atoms with Gasteiger partial charge in [-0.1, -0.05) is 26.0 Å². The highest BCUT2D eigenvalue weighted by molar-refractivity contribution is 6.05. The van der Waals surface area contributed by atoms with E-state index in [1.165, 1.54) is 11.0 Å². The highest BCUT2D eigenvalue weighted by atomic mass is 16.5. The Morgan fingerprint density at radius 1 is 1.33 bits per heavy atom. The van der Waals surface area contributed by atoms with Crippen LogP contribution in [0.1, 0.15) is 30.6 Å². The molecule has 1 fully saturated rings. The average molecular weight is 291 g/mol. The number of carbonyl (C=O) groups is 3. The van der Waals surface area contributed by atoms with Gasteiger partial charge < -0.3 is 9.84 Å². The lowest BCUT2D eigenvalue weighted by atomic mass is 9.92. The van der Waals surface area contributed by atoms with Crippen molar-refractivity contribution in [2.45, 2.75) is 20.3 Å². The van der Waals surface area contributed by atoms with Crippen molar-refractivity contribution in [1.82, 2.24) is 4.90 Å². The molecule has 2 amide bonds. The number of imide groups is 1. The second-order valence-corrected chi connectivity index (χ2v) is 5.56. The summed E-state index contributed by atoms with van der Waals surface area (Å²) in [6.45, 7) is 3.65. The molecule has 1 heterocycles. The Balaban J connectivity index is 1.98. The Morgan fingerprint density at radius 3 is 2.57 bits per heavy atom. The lowest BCUT2D eigenvalue weighted by Gasteiger charge is -2.18. The molecule has 1 saturated heterocycles. The van der Waals surface area contributed by atoms with E-state index in [9.17, 15) is 14.4 Å². The average Bonchev–Trinajstić information content (AvgIpc) is 2.61. The van der Waals surface area contributed by atoms with Crippen molar-refractivity contribution in [2.24, 2.45) is 5.41 Å². The number of likely N-dealkylation sites (tertiary alicyclic amines) is 1. The lowest BCUT2D eigenvalue weighted by molar-refractivity contribution is -0.141. The van der Waals surface area contributed by atoms with Gasteiger partial charge in [-0.15, -0.1) is 0 Å². The summed E-state index contributed by atoms with van der Waals surface area (Å²) in [4.78, 5) is 36.0. The molecule has 1 aromatic carbocycles. The van der Waals surface area contributed by atoms with Crippen molar-refractivity contribution < 1.29 is 24.2 Å². The van der Waals surface area contributed by atoms with Crippen molar-refractivity contribution in [2.75, 3.05) is 13.2 Å². The molecule has 6 nitrogen and oxygen atoms in total. The lowest BCUT2D eigenvalue weighted by Crippen LogP contribution is -2.36. The molecule has 0 aromatic heterocycles. The van der Waals surface area contributed by atoms with E-state index in [2.05, 4.69) is 0 Å². The third kappa shape index (κ3) is 3.04. The maximum atomic E-state index is 12.0. The molecule has 0 atom stereocenters. The molecule has 0 aliphatic carbocycles. The van der Waals surface area contributed by atoms with Gasteiger partial charge in [0.15, 0.2) is 0 Å². The van der Waals surface area contributed by atoms with Crippen LogP contribution in [-0.2, 0) is 9.59 Å². The van der Waals surface area contributed by atoms with Crippen LogP contribution in [0.4, 0.5) is 0 Å². The van der Waals surface area contributed by atoms with Crippen molar-refractivity contribution in [3.8, 4) is 5.75 Å². The smallest absolute Gasteiger partial charge is 0.339 e. The summed E-state index contributed by atoms with van der Waals surface area (Å²) in [5.41, 5.74) is -0.618. The summed E-state index contributed by atoms with van der Waals surface area (Å²) in [6, 6.07) is 6.25. The number of amides is 2. The van der Waals surface area contributed by atoms with Crippen LogP contribution >= 0.6 is 0 Å². The van der Waals surface area contributed by atoms with E-state index >= 15 is 0 Å². The second-order valence-electron chi connectivity index (χ2n) is 5.56. The fourth-order valence-corrected chi connectivity index (χ4v) is 2.27. The van der Waals surface area contributed by atoms with Crippen LogP contribution in [-0.4, -0.2) is 40.9 Å². The Hall–Kier alpha value is -2.37. The summed E-state index contributed by atoms with van der Waals surface area (Å²) in [5.74, 6) is -1.30. The molecule has 6 heteroatoms. The Labute approximate surface area is 122 Å². The molecule has 1 N–H and O–H groups in total. The van der Waals surface area contributed by atoms with Gasteiger partial charge in [-0.25, -0.2) is 4.79 Å². The summed E-state index contributed by atoms with van der Waals surface area (Å²) >= 11 is 0. The van der Waals surface area contributed by atoms with E-state index in [-0.39, 0.29) is 42.7 Å². The molecular formula is C15H17NO5. The number of aromatic carboxylic acids is 1. The fraction of sp³-hybridized carbons (Fsp3) is 0.400. The number of benzene rings is 1. The first-order chi connectivity index (χ1) is 9.83. The van der Waals surface area contributed by atoms with E-state index in [4.69, 9.17) is 9.84 Å². The van der Waals surface area contributed by atoms with Gasteiger partial charge in [0, 0.05) is 6.42 Å². The third-order valence-corrected chi connectivity index (χ3v) is 3.41. The van der Waals surface area contributed by atoms with Crippen molar-refractivity contribution >= 4 is 17.8 Å². The quantitative estimate of drug-likeness (QED) is 0.832. The molecule has 112 valence electrons. The Morgan fingerprint density at radius 2 is 2.00 bits per heavy atom. The van der Waals surface area contributed by atoms with E-state index in [0.29, 0.717) is 0 Å². The number of carboxylic acids is 1. The second kappa shape index (κ2) is 5.55. The zero-order valence-electron chi connectivity index (χ0n) is 12.0. The molecule has 0 spiro atoms. The number of carboxylic acid groups (broad SMARTS) is 1. The van der Waals surface area contributed by atoms with Crippen LogP contribution in [0, 0.1) is 5.41 Å². The normalized spacial score (nSPS) is 17.1. The predicted molar refractivity (Wildman–Crippen MR) is 74.0 cm³/mol. The summed E-state index contributed by atoms with van der Waals surface area (Å²) in [5, 5.41) is 9.03. The first kappa shape index (κ1) is 15.0. The minimum absolute atomic E-state index is 0.0527. The van der Waals surface area contributed by atoms with Crippen LogP contribution in [0.3, 0.4) is 0 Å². The molecule has 0 unspecified atom stereocenters. The van der Waals surface area contributed by atoms with Crippen LogP contribution < -0.4 is 4.74 Å². The van der Waals surface area contributed by atoms with Crippen LogP contribution in [0.2, 0.25) is 0 Å². The third-order valence-electron chi connectivity index (χ3n) is 3.41. The predicted octanol–water partition coefficient (Wildman–Crippen LogP) is 1.55. The number of rotatable bonds is 5. The molecular weight excluding hydrogens is 274 g/mol. The first-order valence-electron chi connectivity index (χ1n) is 6.63. The molecule has 0 bridgehead atoms. The number of hydrogen-bond acceptors (Lipinski definition) is 4. The largest absolute Gasteiger partial charge is 0.491 e. The van der Waals surface area contributed by atoms with Gasteiger partial charge >= 0.3 is 5.97 Å². The van der Waals surface area contributed by atoms with Gasteiger partial charge in [-0.2, -0.15) is 0 Å².